The first-order valence-corrected chi connectivity index (χ1v) is 5.42. The van der Waals surface area contributed by atoms with Crippen molar-refractivity contribution in [1.29, 1.82) is 0 Å². The summed E-state index contributed by atoms with van der Waals surface area (Å²) in [7, 11) is 0. The summed E-state index contributed by atoms with van der Waals surface area (Å²) in [4.78, 5) is 8.15. The topological polar surface area (TPSA) is 37.8 Å². The van der Waals surface area contributed by atoms with Crippen LogP contribution in [-0.2, 0) is 0 Å². The molecule has 76 valence electrons. The van der Waals surface area contributed by atoms with Crippen molar-refractivity contribution in [3.8, 4) is 0 Å². The highest BCUT2D eigenvalue weighted by atomic mass is 35.5. The predicted molar refractivity (Wildman–Crippen MR) is 57.5 cm³/mol. The summed E-state index contributed by atoms with van der Waals surface area (Å²) in [5.41, 5.74) is 0. The standard InChI is InChI=1S/C10H14ClN3/c11-9-2-1-8(5-9)6-14-10-7-12-3-4-13-10/h3-4,7-9H,1-2,5-6H2,(H,13,14). The van der Waals surface area contributed by atoms with Crippen molar-refractivity contribution >= 4 is 17.4 Å². The van der Waals surface area contributed by atoms with Crippen LogP contribution in [0.4, 0.5) is 5.82 Å². The van der Waals surface area contributed by atoms with Gasteiger partial charge in [-0.05, 0) is 25.2 Å². The molecule has 4 heteroatoms. The number of nitrogens with one attached hydrogen (secondary N) is 1. The summed E-state index contributed by atoms with van der Waals surface area (Å²) in [6.45, 7) is 0.960. The first-order valence-electron chi connectivity index (χ1n) is 4.98. The number of hydrogen-bond donors (Lipinski definition) is 1. The van der Waals surface area contributed by atoms with Crippen LogP contribution in [0.1, 0.15) is 19.3 Å². The van der Waals surface area contributed by atoms with Crippen LogP contribution < -0.4 is 5.32 Å². The quantitative estimate of drug-likeness (QED) is 0.780. The van der Waals surface area contributed by atoms with Gasteiger partial charge in [0.05, 0.1) is 6.20 Å². The van der Waals surface area contributed by atoms with Crippen LogP contribution in [0.3, 0.4) is 0 Å². The van der Waals surface area contributed by atoms with Gasteiger partial charge in [-0.2, -0.15) is 0 Å². The van der Waals surface area contributed by atoms with E-state index >= 15 is 0 Å². The maximum absolute atomic E-state index is 6.03. The minimum atomic E-state index is 0.378. The SMILES string of the molecule is ClC1CCC(CNc2cnccn2)C1. The Morgan fingerprint density at radius 3 is 3.00 bits per heavy atom. The number of hydrogen-bond acceptors (Lipinski definition) is 3. The maximum Gasteiger partial charge on any atom is 0.144 e. The molecule has 0 aromatic carbocycles. The first-order chi connectivity index (χ1) is 6.84. The lowest BCUT2D eigenvalue weighted by Crippen LogP contribution is -2.12. The van der Waals surface area contributed by atoms with Crippen molar-refractivity contribution in [2.45, 2.75) is 24.6 Å². The van der Waals surface area contributed by atoms with E-state index in [1.807, 2.05) is 0 Å². The summed E-state index contributed by atoms with van der Waals surface area (Å²) in [6.07, 6.45) is 8.61. The number of rotatable bonds is 3. The summed E-state index contributed by atoms with van der Waals surface area (Å²) >= 11 is 6.03. The molecule has 1 aromatic heterocycles. The van der Waals surface area contributed by atoms with E-state index < -0.39 is 0 Å². The van der Waals surface area contributed by atoms with Gasteiger partial charge in [-0.1, -0.05) is 0 Å². The Hall–Kier alpha value is -0.830. The molecule has 14 heavy (non-hydrogen) atoms. The van der Waals surface area contributed by atoms with Gasteiger partial charge in [0.1, 0.15) is 5.82 Å². The van der Waals surface area contributed by atoms with Crippen molar-refractivity contribution < 1.29 is 0 Å². The monoisotopic (exact) mass is 211 g/mol. The van der Waals surface area contributed by atoms with Crippen LogP contribution >= 0.6 is 11.6 Å². The van der Waals surface area contributed by atoms with Crippen molar-refractivity contribution in [2.24, 2.45) is 5.92 Å². The van der Waals surface area contributed by atoms with Gasteiger partial charge >= 0.3 is 0 Å². The van der Waals surface area contributed by atoms with Crippen molar-refractivity contribution in [3.63, 3.8) is 0 Å². The molecule has 1 aliphatic carbocycles. The fourth-order valence-corrected chi connectivity index (χ4v) is 2.22. The third kappa shape index (κ3) is 2.58. The molecule has 1 aromatic rings. The van der Waals surface area contributed by atoms with E-state index in [-0.39, 0.29) is 0 Å². The molecule has 3 nitrogen and oxygen atoms in total. The average Bonchev–Trinajstić information content (AvgIpc) is 2.63. The molecule has 0 bridgehead atoms. The minimum absolute atomic E-state index is 0.378. The van der Waals surface area contributed by atoms with Gasteiger partial charge in [0.15, 0.2) is 0 Å². The summed E-state index contributed by atoms with van der Waals surface area (Å²) in [5.74, 6) is 1.55. The molecule has 2 atom stereocenters. The summed E-state index contributed by atoms with van der Waals surface area (Å²) in [6, 6.07) is 0. The van der Waals surface area contributed by atoms with E-state index in [1.54, 1.807) is 18.6 Å². The normalized spacial score (nSPS) is 26.4. The van der Waals surface area contributed by atoms with Crippen LogP contribution in [-0.4, -0.2) is 21.9 Å². The molecule has 1 fully saturated rings. The Morgan fingerprint density at radius 1 is 1.43 bits per heavy atom. The van der Waals surface area contributed by atoms with Crippen molar-refractivity contribution in [2.75, 3.05) is 11.9 Å². The molecule has 0 radical (unpaired) electrons. The predicted octanol–water partition coefficient (Wildman–Crippen LogP) is 2.30. The van der Waals surface area contributed by atoms with Crippen LogP contribution in [0.15, 0.2) is 18.6 Å². The minimum Gasteiger partial charge on any atom is -0.369 e. The van der Waals surface area contributed by atoms with Gasteiger partial charge in [0, 0.05) is 24.3 Å². The molecule has 0 spiro atoms. The van der Waals surface area contributed by atoms with Crippen molar-refractivity contribution in [1.82, 2.24) is 9.97 Å². The molecule has 1 heterocycles. The van der Waals surface area contributed by atoms with Crippen LogP contribution in [0, 0.1) is 5.92 Å². The Balaban J connectivity index is 1.78. The number of nitrogens with zero attached hydrogens (tertiary/aromatic N) is 2. The number of anilines is 1. The van der Waals surface area contributed by atoms with E-state index in [4.69, 9.17) is 11.6 Å². The third-order valence-electron chi connectivity index (χ3n) is 2.61. The molecule has 0 aliphatic heterocycles. The van der Waals surface area contributed by atoms with E-state index in [0.29, 0.717) is 11.3 Å². The molecule has 0 amide bonds. The molecule has 2 rings (SSSR count). The van der Waals surface area contributed by atoms with Gasteiger partial charge < -0.3 is 5.32 Å². The lowest BCUT2D eigenvalue weighted by atomic mass is 10.1. The second-order valence-corrected chi connectivity index (χ2v) is 4.37. The third-order valence-corrected chi connectivity index (χ3v) is 3.01. The highest BCUT2D eigenvalue weighted by Gasteiger charge is 2.22. The second kappa shape index (κ2) is 4.60. The van der Waals surface area contributed by atoms with E-state index in [9.17, 15) is 0 Å². The Bertz CT molecular complexity index is 278. The maximum atomic E-state index is 6.03. The fraction of sp³-hybridized carbons (Fsp3) is 0.600. The van der Waals surface area contributed by atoms with E-state index in [2.05, 4.69) is 15.3 Å². The second-order valence-electron chi connectivity index (χ2n) is 3.75. The zero-order chi connectivity index (χ0) is 9.80. The van der Waals surface area contributed by atoms with Crippen LogP contribution in [0.5, 0.6) is 0 Å². The molecular formula is C10H14ClN3. The highest BCUT2D eigenvalue weighted by Crippen LogP contribution is 2.29. The molecule has 0 saturated heterocycles. The van der Waals surface area contributed by atoms with Crippen LogP contribution in [0.2, 0.25) is 0 Å². The largest absolute Gasteiger partial charge is 0.369 e. The summed E-state index contributed by atoms with van der Waals surface area (Å²) < 4.78 is 0. The molecule has 1 saturated carbocycles. The van der Waals surface area contributed by atoms with Gasteiger partial charge in [-0.15, -0.1) is 11.6 Å². The van der Waals surface area contributed by atoms with Gasteiger partial charge in [0.25, 0.3) is 0 Å². The zero-order valence-electron chi connectivity index (χ0n) is 7.99. The van der Waals surface area contributed by atoms with Gasteiger partial charge in [-0.25, -0.2) is 4.98 Å². The zero-order valence-corrected chi connectivity index (χ0v) is 8.74. The van der Waals surface area contributed by atoms with Crippen molar-refractivity contribution in [3.05, 3.63) is 18.6 Å². The molecule has 1 aliphatic rings. The Morgan fingerprint density at radius 2 is 2.36 bits per heavy atom. The lowest BCUT2D eigenvalue weighted by Gasteiger charge is -2.10. The Labute approximate surface area is 88.9 Å². The fourth-order valence-electron chi connectivity index (χ4n) is 1.84. The van der Waals surface area contributed by atoms with Crippen LogP contribution in [0.25, 0.3) is 0 Å². The first kappa shape index (κ1) is 9.71. The van der Waals surface area contributed by atoms with Gasteiger partial charge in [0.2, 0.25) is 0 Å². The smallest absolute Gasteiger partial charge is 0.144 e. The van der Waals surface area contributed by atoms with E-state index in [1.165, 1.54) is 6.42 Å². The van der Waals surface area contributed by atoms with Gasteiger partial charge in [-0.3, -0.25) is 4.98 Å². The number of aromatic nitrogens is 2. The lowest BCUT2D eigenvalue weighted by molar-refractivity contribution is 0.579. The Kier molecular flexibility index (Phi) is 3.19. The molecule has 1 N–H and O–H groups in total. The summed E-state index contributed by atoms with van der Waals surface area (Å²) in [5, 5.41) is 3.65. The molecule has 2 unspecified atom stereocenters. The van der Waals surface area contributed by atoms with E-state index in [0.717, 1.165) is 25.2 Å². The molecular weight excluding hydrogens is 198 g/mol. The number of halogens is 1. The highest BCUT2D eigenvalue weighted by molar-refractivity contribution is 6.20. The number of alkyl halides is 1. The average molecular weight is 212 g/mol.